The number of amides is 2. The summed E-state index contributed by atoms with van der Waals surface area (Å²) < 4.78 is 42.8. The Labute approximate surface area is 215 Å². The Morgan fingerprint density at radius 1 is 1.00 bits per heavy atom. The number of nitrogens with one attached hydrogen (secondary N) is 1. The van der Waals surface area contributed by atoms with Gasteiger partial charge in [-0.1, -0.05) is 34.1 Å². The Hall–Kier alpha value is -3.34. The average Bonchev–Trinajstić information content (AvgIpc) is 3.40. The number of anilines is 1. The Balaban J connectivity index is 1.51. The number of para-hydroxylation sites is 1. The van der Waals surface area contributed by atoms with Gasteiger partial charge in [-0.3, -0.25) is 9.59 Å². The van der Waals surface area contributed by atoms with E-state index in [2.05, 4.69) is 20.9 Å². The van der Waals surface area contributed by atoms with Gasteiger partial charge in [0, 0.05) is 28.1 Å². The summed E-state index contributed by atoms with van der Waals surface area (Å²) in [5, 5.41) is 0.959. The van der Waals surface area contributed by atoms with E-state index >= 15 is 0 Å². The largest absolute Gasteiger partial charge is 0.361 e. The lowest BCUT2D eigenvalue weighted by atomic mass is 10.1. The van der Waals surface area contributed by atoms with Gasteiger partial charge < -0.3 is 4.98 Å². The number of rotatable bonds is 7. The number of carbonyl (C=O) groups excluding carboxylic acids is 2. The second-order valence-corrected chi connectivity index (χ2v) is 11.2. The first-order chi connectivity index (χ1) is 17.3. The van der Waals surface area contributed by atoms with Crippen molar-refractivity contribution in [1.29, 1.82) is 0 Å². The van der Waals surface area contributed by atoms with E-state index in [4.69, 9.17) is 0 Å². The molecule has 1 unspecified atom stereocenters. The van der Waals surface area contributed by atoms with Crippen molar-refractivity contribution in [3.63, 3.8) is 0 Å². The fourth-order valence-electron chi connectivity index (χ4n) is 4.46. The molecule has 0 bridgehead atoms. The number of aromatic amines is 1. The van der Waals surface area contributed by atoms with E-state index in [-0.39, 0.29) is 23.5 Å². The summed E-state index contributed by atoms with van der Waals surface area (Å²) in [6.07, 6.45) is 1.84. The number of nitrogens with zero attached hydrogens (tertiary/aromatic N) is 2. The Morgan fingerprint density at radius 2 is 1.69 bits per heavy atom. The molecule has 2 heterocycles. The third-order valence-corrected chi connectivity index (χ3v) is 8.70. The number of hydrogen-bond donors (Lipinski definition) is 1. The number of hydrogen-bond acceptors (Lipinski definition) is 4. The molecule has 1 aliphatic heterocycles. The summed E-state index contributed by atoms with van der Waals surface area (Å²) in [4.78, 5) is 30.4. The van der Waals surface area contributed by atoms with Gasteiger partial charge in [0.1, 0.15) is 11.9 Å². The van der Waals surface area contributed by atoms with E-state index in [1.807, 2.05) is 30.5 Å². The van der Waals surface area contributed by atoms with Gasteiger partial charge in [0.05, 0.1) is 17.0 Å². The summed E-state index contributed by atoms with van der Waals surface area (Å²) >= 11 is 3.31. The highest BCUT2D eigenvalue weighted by atomic mass is 79.9. The molecule has 1 atom stereocenters. The van der Waals surface area contributed by atoms with Crippen molar-refractivity contribution >= 4 is 54.4 Å². The molecule has 4 aromatic rings. The Kier molecular flexibility index (Phi) is 6.50. The number of halogens is 2. The first-order valence-corrected chi connectivity index (χ1v) is 13.4. The van der Waals surface area contributed by atoms with Gasteiger partial charge in [0.25, 0.3) is 5.91 Å². The summed E-state index contributed by atoms with van der Waals surface area (Å²) in [6, 6.07) is 17.5. The zero-order valence-electron chi connectivity index (χ0n) is 18.9. The molecule has 1 aromatic heterocycles. The minimum atomic E-state index is -4.13. The molecule has 7 nitrogen and oxygen atoms in total. The van der Waals surface area contributed by atoms with Crippen molar-refractivity contribution in [3.05, 3.63) is 94.8 Å². The standard InChI is InChI=1S/C26H21BrFN3O4S/c27-18-5-11-21(12-6-18)36(34,35)30(14-13-17-16-29-23-4-2-1-3-22(17)23)24-15-25(32)31(26(24)33)20-9-7-19(28)8-10-20/h1-12,16,24,29H,13-15H2. The SMILES string of the molecule is O=C1CC(N(CCc2c[nH]c3ccccc23)S(=O)(=O)c2ccc(Br)cc2)C(=O)N1c1ccc(F)cc1. The highest BCUT2D eigenvalue weighted by Crippen LogP contribution is 2.30. The molecule has 0 saturated carbocycles. The number of sulfonamides is 1. The third kappa shape index (κ3) is 4.47. The third-order valence-electron chi connectivity index (χ3n) is 6.25. The highest BCUT2D eigenvalue weighted by molar-refractivity contribution is 9.10. The van der Waals surface area contributed by atoms with E-state index in [0.717, 1.165) is 37.8 Å². The summed E-state index contributed by atoms with van der Waals surface area (Å²) in [5.74, 6) is -1.71. The van der Waals surface area contributed by atoms with Gasteiger partial charge in [-0.25, -0.2) is 17.7 Å². The molecule has 3 aromatic carbocycles. The van der Waals surface area contributed by atoms with Crippen LogP contribution in [0.5, 0.6) is 0 Å². The van der Waals surface area contributed by atoms with Crippen molar-refractivity contribution in [2.24, 2.45) is 0 Å². The van der Waals surface area contributed by atoms with Crippen LogP contribution < -0.4 is 4.90 Å². The smallest absolute Gasteiger partial charge is 0.252 e. The maximum absolute atomic E-state index is 13.8. The first kappa shape index (κ1) is 24.4. The number of fused-ring (bicyclic) bond motifs is 1. The minimum Gasteiger partial charge on any atom is -0.361 e. The molecule has 0 spiro atoms. The zero-order chi connectivity index (χ0) is 25.4. The van der Waals surface area contributed by atoms with Crippen LogP contribution in [0.25, 0.3) is 10.9 Å². The number of benzene rings is 3. The number of carbonyl (C=O) groups is 2. The molecule has 1 aliphatic rings. The maximum atomic E-state index is 13.8. The average molecular weight is 570 g/mol. The lowest BCUT2D eigenvalue weighted by Crippen LogP contribution is -2.46. The molecule has 1 N–H and O–H groups in total. The van der Waals surface area contributed by atoms with Gasteiger partial charge in [-0.15, -0.1) is 0 Å². The van der Waals surface area contributed by atoms with Gasteiger partial charge in [-0.05, 0) is 66.6 Å². The minimum absolute atomic E-state index is 0.0127. The predicted molar refractivity (Wildman–Crippen MR) is 137 cm³/mol. The molecule has 10 heteroatoms. The van der Waals surface area contributed by atoms with Crippen LogP contribution in [0.3, 0.4) is 0 Å². The molecule has 36 heavy (non-hydrogen) atoms. The van der Waals surface area contributed by atoms with Crippen molar-refractivity contribution in [2.45, 2.75) is 23.8 Å². The van der Waals surface area contributed by atoms with Gasteiger partial charge in [0.15, 0.2) is 0 Å². The number of aromatic nitrogens is 1. The summed E-state index contributed by atoms with van der Waals surface area (Å²) in [6.45, 7) is -0.0127. The van der Waals surface area contributed by atoms with E-state index < -0.39 is 33.7 Å². The molecule has 0 aliphatic carbocycles. The van der Waals surface area contributed by atoms with Crippen molar-refractivity contribution in [2.75, 3.05) is 11.4 Å². The van der Waals surface area contributed by atoms with Crippen LogP contribution in [0.4, 0.5) is 10.1 Å². The fraction of sp³-hybridized carbons (Fsp3) is 0.154. The van der Waals surface area contributed by atoms with Crippen molar-refractivity contribution in [3.8, 4) is 0 Å². The lowest BCUT2D eigenvalue weighted by Gasteiger charge is -2.27. The molecule has 0 radical (unpaired) electrons. The summed E-state index contributed by atoms with van der Waals surface area (Å²) in [5.41, 5.74) is 2.02. The molecule has 184 valence electrons. The van der Waals surface area contributed by atoms with E-state index in [1.165, 1.54) is 24.3 Å². The second kappa shape index (κ2) is 9.61. The monoisotopic (exact) mass is 569 g/mol. The molecule has 1 fully saturated rings. The lowest BCUT2D eigenvalue weighted by molar-refractivity contribution is -0.122. The van der Waals surface area contributed by atoms with Crippen LogP contribution in [-0.2, 0) is 26.0 Å². The normalized spacial score (nSPS) is 16.4. The van der Waals surface area contributed by atoms with Crippen molar-refractivity contribution in [1.82, 2.24) is 9.29 Å². The Bertz CT molecular complexity index is 1550. The first-order valence-electron chi connectivity index (χ1n) is 11.2. The van der Waals surface area contributed by atoms with Gasteiger partial charge in [-0.2, -0.15) is 4.31 Å². The molecule has 2 amide bonds. The predicted octanol–water partition coefficient (Wildman–Crippen LogP) is 4.64. The van der Waals surface area contributed by atoms with E-state index in [1.54, 1.807) is 12.1 Å². The fourth-order valence-corrected chi connectivity index (χ4v) is 6.30. The van der Waals surface area contributed by atoms with Crippen molar-refractivity contribution < 1.29 is 22.4 Å². The Morgan fingerprint density at radius 3 is 2.42 bits per heavy atom. The number of imide groups is 1. The summed E-state index contributed by atoms with van der Waals surface area (Å²) in [7, 11) is -4.13. The number of H-pyrrole nitrogens is 1. The maximum Gasteiger partial charge on any atom is 0.252 e. The second-order valence-electron chi connectivity index (χ2n) is 8.44. The molecular formula is C26H21BrFN3O4S. The van der Waals surface area contributed by atoms with Gasteiger partial charge >= 0.3 is 0 Å². The van der Waals surface area contributed by atoms with Crippen LogP contribution in [0, 0.1) is 5.82 Å². The zero-order valence-corrected chi connectivity index (χ0v) is 21.3. The van der Waals surface area contributed by atoms with Crippen LogP contribution in [0.1, 0.15) is 12.0 Å². The quantitative estimate of drug-likeness (QED) is 0.328. The highest BCUT2D eigenvalue weighted by Gasteiger charge is 2.46. The van der Waals surface area contributed by atoms with Crippen LogP contribution >= 0.6 is 15.9 Å². The van der Waals surface area contributed by atoms with Crippen LogP contribution in [-0.4, -0.2) is 42.1 Å². The topological polar surface area (TPSA) is 90.5 Å². The molecule has 5 rings (SSSR count). The van der Waals surface area contributed by atoms with E-state index in [9.17, 15) is 22.4 Å². The van der Waals surface area contributed by atoms with E-state index in [0.29, 0.717) is 10.9 Å². The van der Waals surface area contributed by atoms with Crippen LogP contribution in [0.2, 0.25) is 0 Å². The molecule has 1 saturated heterocycles. The van der Waals surface area contributed by atoms with Crippen LogP contribution in [0.15, 0.2) is 88.4 Å². The molecular weight excluding hydrogens is 549 g/mol. The van der Waals surface area contributed by atoms with Gasteiger partial charge in [0.2, 0.25) is 15.9 Å².